The molecular formula is C27H27N. The number of unbranched alkanes of at least 4 members (excludes halogenated alkanes) is 1. The van der Waals surface area contributed by atoms with Gasteiger partial charge in [0.1, 0.15) is 0 Å². The van der Waals surface area contributed by atoms with Crippen LogP contribution in [-0.4, -0.2) is 4.57 Å². The first-order valence-corrected chi connectivity index (χ1v) is 10.1. The summed E-state index contributed by atoms with van der Waals surface area (Å²) in [7, 11) is 0. The van der Waals surface area contributed by atoms with Crippen molar-refractivity contribution in [3.05, 3.63) is 102 Å². The van der Waals surface area contributed by atoms with E-state index < -0.39 is 0 Å². The van der Waals surface area contributed by atoms with E-state index in [0.717, 1.165) is 19.3 Å². The Kier molecular flexibility index (Phi) is 5.16. The summed E-state index contributed by atoms with van der Waals surface area (Å²) in [6.07, 6.45) is 9.41. The summed E-state index contributed by atoms with van der Waals surface area (Å²) >= 11 is 0. The van der Waals surface area contributed by atoms with Crippen molar-refractivity contribution in [1.82, 2.24) is 4.57 Å². The van der Waals surface area contributed by atoms with Gasteiger partial charge in [-0.25, -0.2) is 0 Å². The lowest BCUT2D eigenvalue weighted by Crippen LogP contribution is -1.95. The molecule has 0 saturated carbocycles. The maximum Gasteiger partial charge on any atom is 0.0543 e. The summed E-state index contributed by atoms with van der Waals surface area (Å²) in [6.45, 7) is 8.04. The van der Waals surface area contributed by atoms with Crippen LogP contribution in [0.1, 0.15) is 29.5 Å². The van der Waals surface area contributed by atoms with Gasteiger partial charge in [0, 0.05) is 16.5 Å². The van der Waals surface area contributed by atoms with Gasteiger partial charge in [-0.1, -0.05) is 61.2 Å². The van der Waals surface area contributed by atoms with Crippen molar-refractivity contribution in [2.45, 2.75) is 33.1 Å². The van der Waals surface area contributed by atoms with E-state index in [1.165, 1.54) is 44.2 Å². The standard InChI is InChI=1S/C27H27N/c1-4-5-6-7-8-9-22-12-14-23(15-13-22)28-26-18-20(2)10-16-24(26)25-17-11-21(3)19-27(25)28/h4-6,10-19H,1,7-9H2,2-3H3/b6-5+. The molecule has 0 aliphatic carbocycles. The van der Waals surface area contributed by atoms with Crippen LogP contribution >= 0.6 is 0 Å². The normalized spacial score (nSPS) is 11.6. The average Bonchev–Trinajstić information content (AvgIpc) is 3.00. The first-order valence-electron chi connectivity index (χ1n) is 10.1. The molecule has 0 saturated heterocycles. The molecule has 1 heteroatoms. The molecule has 1 aromatic heterocycles. The Morgan fingerprint density at radius 3 is 2.00 bits per heavy atom. The van der Waals surface area contributed by atoms with Crippen LogP contribution in [0, 0.1) is 13.8 Å². The van der Waals surface area contributed by atoms with Gasteiger partial charge in [-0.15, -0.1) is 0 Å². The van der Waals surface area contributed by atoms with Crippen LogP contribution in [0.25, 0.3) is 27.5 Å². The number of rotatable bonds is 6. The Bertz CT molecular complexity index is 1100. The number of aryl methyl sites for hydroxylation is 3. The summed E-state index contributed by atoms with van der Waals surface area (Å²) in [5, 5.41) is 2.64. The third-order valence-electron chi connectivity index (χ3n) is 5.38. The lowest BCUT2D eigenvalue weighted by Gasteiger charge is -2.10. The second kappa shape index (κ2) is 7.90. The molecule has 1 heterocycles. The zero-order chi connectivity index (χ0) is 19.5. The molecule has 0 bridgehead atoms. The molecule has 28 heavy (non-hydrogen) atoms. The number of nitrogens with zero attached hydrogens (tertiary/aromatic N) is 1. The molecule has 1 nitrogen and oxygen atoms in total. The minimum atomic E-state index is 1.10. The highest BCUT2D eigenvalue weighted by molar-refractivity contribution is 6.09. The van der Waals surface area contributed by atoms with Crippen LogP contribution < -0.4 is 0 Å². The number of aromatic nitrogens is 1. The largest absolute Gasteiger partial charge is 0.309 e. The van der Waals surface area contributed by atoms with E-state index >= 15 is 0 Å². The average molecular weight is 366 g/mol. The maximum atomic E-state index is 3.72. The molecule has 4 aromatic rings. The Hall–Kier alpha value is -3.06. The first-order chi connectivity index (χ1) is 13.7. The van der Waals surface area contributed by atoms with E-state index in [1.54, 1.807) is 0 Å². The second-order valence-corrected chi connectivity index (χ2v) is 7.60. The zero-order valence-corrected chi connectivity index (χ0v) is 16.8. The van der Waals surface area contributed by atoms with Crippen molar-refractivity contribution in [2.24, 2.45) is 0 Å². The number of fused-ring (bicyclic) bond motifs is 3. The van der Waals surface area contributed by atoms with Crippen LogP contribution in [0.2, 0.25) is 0 Å². The van der Waals surface area contributed by atoms with Crippen LogP contribution in [0.3, 0.4) is 0 Å². The molecule has 0 N–H and O–H groups in total. The SMILES string of the molecule is C=C/C=C/CCCc1ccc(-n2c3cc(C)ccc3c3ccc(C)cc32)cc1. The van der Waals surface area contributed by atoms with E-state index in [-0.39, 0.29) is 0 Å². The van der Waals surface area contributed by atoms with Gasteiger partial charge in [-0.05, 0) is 74.1 Å². The second-order valence-electron chi connectivity index (χ2n) is 7.60. The van der Waals surface area contributed by atoms with E-state index in [9.17, 15) is 0 Å². The molecule has 0 spiro atoms. The van der Waals surface area contributed by atoms with Gasteiger partial charge >= 0.3 is 0 Å². The Balaban J connectivity index is 1.73. The molecule has 3 aromatic carbocycles. The highest BCUT2D eigenvalue weighted by atomic mass is 15.0. The smallest absolute Gasteiger partial charge is 0.0543 e. The highest BCUT2D eigenvalue weighted by Crippen LogP contribution is 2.33. The van der Waals surface area contributed by atoms with Crippen LogP contribution in [0.15, 0.2) is 85.5 Å². The minimum absolute atomic E-state index is 1.10. The predicted molar refractivity (Wildman–Crippen MR) is 123 cm³/mol. The monoisotopic (exact) mass is 365 g/mol. The Labute approximate surface area is 167 Å². The third-order valence-corrected chi connectivity index (χ3v) is 5.38. The van der Waals surface area contributed by atoms with Gasteiger partial charge in [0.05, 0.1) is 11.0 Å². The van der Waals surface area contributed by atoms with E-state index in [1.807, 2.05) is 12.2 Å². The van der Waals surface area contributed by atoms with Crippen LogP contribution in [0.5, 0.6) is 0 Å². The van der Waals surface area contributed by atoms with Crippen molar-refractivity contribution in [2.75, 3.05) is 0 Å². The van der Waals surface area contributed by atoms with Gasteiger partial charge in [0.25, 0.3) is 0 Å². The highest BCUT2D eigenvalue weighted by Gasteiger charge is 2.12. The number of allylic oxidation sites excluding steroid dienone is 3. The lowest BCUT2D eigenvalue weighted by atomic mass is 10.1. The Morgan fingerprint density at radius 2 is 1.43 bits per heavy atom. The summed E-state index contributed by atoms with van der Waals surface area (Å²) in [6, 6.07) is 22.6. The fraction of sp³-hybridized carbons (Fsp3) is 0.185. The minimum Gasteiger partial charge on any atom is -0.309 e. The molecule has 0 radical (unpaired) electrons. The molecular weight excluding hydrogens is 338 g/mol. The van der Waals surface area contributed by atoms with E-state index in [2.05, 4.69) is 91.7 Å². The van der Waals surface area contributed by atoms with Crippen molar-refractivity contribution in [3.8, 4) is 5.69 Å². The van der Waals surface area contributed by atoms with E-state index in [4.69, 9.17) is 0 Å². The molecule has 140 valence electrons. The van der Waals surface area contributed by atoms with Gasteiger partial charge in [0.2, 0.25) is 0 Å². The molecule has 0 atom stereocenters. The predicted octanol–water partition coefficient (Wildman–Crippen LogP) is 7.47. The van der Waals surface area contributed by atoms with Crippen molar-refractivity contribution in [3.63, 3.8) is 0 Å². The summed E-state index contributed by atoms with van der Waals surface area (Å²) in [4.78, 5) is 0. The maximum absolute atomic E-state index is 3.72. The van der Waals surface area contributed by atoms with Crippen molar-refractivity contribution >= 4 is 21.8 Å². The molecule has 4 rings (SSSR count). The molecule has 0 aliphatic heterocycles. The van der Waals surface area contributed by atoms with Gasteiger partial charge in [-0.3, -0.25) is 0 Å². The zero-order valence-electron chi connectivity index (χ0n) is 16.8. The van der Waals surface area contributed by atoms with Gasteiger partial charge in [0.15, 0.2) is 0 Å². The first kappa shape index (κ1) is 18.3. The van der Waals surface area contributed by atoms with Crippen LogP contribution in [-0.2, 0) is 6.42 Å². The topological polar surface area (TPSA) is 4.93 Å². The number of hydrogen-bond acceptors (Lipinski definition) is 0. The van der Waals surface area contributed by atoms with Gasteiger partial charge in [-0.2, -0.15) is 0 Å². The fourth-order valence-electron chi connectivity index (χ4n) is 3.94. The molecule has 0 unspecified atom stereocenters. The number of hydrogen-bond donors (Lipinski definition) is 0. The molecule has 0 amide bonds. The fourth-order valence-corrected chi connectivity index (χ4v) is 3.94. The lowest BCUT2D eigenvalue weighted by molar-refractivity contribution is 0.842. The van der Waals surface area contributed by atoms with Gasteiger partial charge < -0.3 is 4.57 Å². The summed E-state index contributed by atoms with van der Waals surface area (Å²) in [5.41, 5.74) is 7.76. The summed E-state index contributed by atoms with van der Waals surface area (Å²) < 4.78 is 2.40. The molecule has 0 fully saturated rings. The van der Waals surface area contributed by atoms with Crippen molar-refractivity contribution in [1.29, 1.82) is 0 Å². The molecule has 0 aliphatic rings. The third kappa shape index (κ3) is 3.53. The van der Waals surface area contributed by atoms with E-state index in [0.29, 0.717) is 0 Å². The number of benzene rings is 3. The Morgan fingerprint density at radius 1 is 0.821 bits per heavy atom. The van der Waals surface area contributed by atoms with Crippen molar-refractivity contribution < 1.29 is 0 Å². The van der Waals surface area contributed by atoms with Crippen LogP contribution in [0.4, 0.5) is 0 Å². The quantitative estimate of drug-likeness (QED) is 0.247. The summed E-state index contributed by atoms with van der Waals surface area (Å²) in [5.74, 6) is 0.